The summed E-state index contributed by atoms with van der Waals surface area (Å²) in [4.78, 5) is 27.0. The summed E-state index contributed by atoms with van der Waals surface area (Å²) < 4.78 is 10.5. The van der Waals surface area contributed by atoms with Crippen LogP contribution >= 0.6 is 0 Å². The van der Waals surface area contributed by atoms with Crippen LogP contribution in [0.5, 0.6) is 11.5 Å². The molecule has 0 saturated carbocycles. The number of methoxy groups -OCH3 is 2. The SMILES string of the molecule is COc1ccc(-c2c3c(=O)c4ccccc4c-3c(-c3ccc(OC)cc3)c2=O)cc1. The molecule has 4 nitrogen and oxygen atoms in total. The first kappa shape index (κ1) is 18.1. The van der Waals surface area contributed by atoms with Crippen molar-refractivity contribution in [3.63, 3.8) is 0 Å². The summed E-state index contributed by atoms with van der Waals surface area (Å²) in [5, 5.41) is 1.44. The molecule has 0 aromatic heterocycles. The summed E-state index contributed by atoms with van der Waals surface area (Å²) in [6.07, 6.45) is 0. The van der Waals surface area contributed by atoms with Crippen molar-refractivity contribution in [2.75, 3.05) is 14.2 Å². The largest absolute Gasteiger partial charge is 0.497 e. The fourth-order valence-corrected chi connectivity index (χ4v) is 4.20. The minimum Gasteiger partial charge on any atom is -0.497 e. The number of benzene rings is 3. The van der Waals surface area contributed by atoms with Gasteiger partial charge < -0.3 is 9.47 Å². The van der Waals surface area contributed by atoms with Gasteiger partial charge in [-0.05, 0) is 40.8 Å². The Morgan fingerprint density at radius 1 is 0.500 bits per heavy atom. The van der Waals surface area contributed by atoms with E-state index >= 15 is 0 Å². The fourth-order valence-electron chi connectivity index (χ4n) is 4.20. The molecule has 0 amide bonds. The monoisotopic (exact) mass is 394 g/mol. The van der Waals surface area contributed by atoms with Crippen LogP contribution in [-0.2, 0) is 0 Å². The van der Waals surface area contributed by atoms with Crippen molar-refractivity contribution in [3.05, 3.63) is 93.2 Å². The van der Waals surface area contributed by atoms with E-state index in [2.05, 4.69) is 0 Å². The van der Waals surface area contributed by atoms with Gasteiger partial charge in [0, 0.05) is 27.6 Å². The van der Waals surface area contributed by atoms with Gasteiger partial charge in [0.15, 0.2) is 10.9 Å². The topological polar surface area (TPSA) is 52.6 Å². The second kappa shape index (κ2) is 6.85. The fraction of sp³-hybridized carbons (Fsp3) is 0.0769. The average molecular weight is 394 g/mol. The van der Waals surface area contributed by atoms with Crippen molar-refractivity contribution in [2.24, 2.45) is 0 Å². The molecular weight excluding hydrogens is 376 g/mol. The van der Waals surface area contributed by atoms with Crippen LogP contribution in [-0.4, -0.2) is 14.2 Å². The third-order valence-electron chi connectivity index (χ3n) is 5.63. The molecule has 0 saturated heterocycles. The highest BCUT2D eigenvalue weighted by Crippen LogP contribution is 2.43. The lowest BCUT2D eigenvalue weighted by Gasteiger charge is -2.03. The molecule has 5 rings (SSSR count). The summed E-state index contributed by atoms with van der Waals surface area (Å²) >= 11 is 0. The van der Waals surface area contributed by atoms with Crippen LogP contribution in [0.25, 0.3) is 44.2 Å². The Morgan fingerprint density at radius 2 is 0.967 bits per heavy atom. The molecule has 4 heteroatoms. The van der Waals surface area contributed by atoms with Crippen LogP contribution in [0.2, 0.25) is 0 Å². The van der Waals surface area contributed by atoms with E-state index in [9.17, 15) is 9.59 Å². The number of rotatable bonds is 4. The molecule has 0 aliphatic heterocycles. The number of fused-ring (bicyclic) bond motifs is 3. The first-order valence-corrected chi connectivity index (χ1v) is 9.60. The molecule has 0 radical (unpaired) electrons. The van der Waals surface area contributed by atoms with Gasteiger partial charge in [-0.2, -0.15) is 0 Å². The molecule has 3 aromatic rings. The zero-order chi connectivity index (χ0) is 20.8. The summed E-state index contributed by atoms with van der Waals surface area (Å²) in [6.45, 7) is 0. The molecule has 0 unspecified atom stereocenters. The maximum atomic E-state index is 13.7. The Kier molecular flexibility index (Phi) is 4.14. The van der Waals surface area contributed by atoms with Crippen LogP contribution < -0.4 is 20.3 Å². The van der Waals surface area contributed by atoms with Gasteiger partial charge in [-0.15, -0.1) is 0 Å². The molecular formula is C26H18O4. The van der Waals surface area contributed by atoms with Crippen molar-refractivity contribution in [1.82, 2.24) is 0 Å². The van der Waals surface area contributed by atoms with E-state index in [0.29, 0.717) is 39.1 Å². The molecule has 0 N–H and O–H groups in total. The summed E-state index contributed by atoms with van der Waals surface area (Å²) in [5.74, 6) is 1.40. The summed E-state index contributed by atoms with van der Waals surface area (Å²) in [6, 6.07) is 22.1. The highest BCUT2D eigenvalue weighted by molar-refractivity contribution is 6.13. The molecule has 146 valence electrons. The molecule has 0 bridgehead atoms. The maximum absolute atomic E-state index is 13.7. The molecule has 2 aliphatic rings. The predicted molar refractivity (Wildman–Crippen MR) is 119 cm³/mol. The van der Waals surface area contributed by atoms with E-state index < -0.39 is 0 Å². The smallest absolute Gasteiger partial charge is 0.195 e. The lowest BCUT2D eigenvalue weighted by molar-refractivity contribution is 0.415. The van der Waals surface area contributed by atoms with Crippen LogP contribution in [0, 0.1) is 0 Å². The van der Waals surface area contributed by atoms with E-state index in [-0.39, 0.29) is 10.9 Å². The Morgan fingerprint density at radius 3 is 1.47 bits per heavy atom. The number of hydrogen-bond donors (Lipinski definition) is 0. The van der Waals surface area contributed by atoms with Gasteiger partial charge in [-0.25, -0.2) is 0 Å². The Labute approximate surface area is 173 Å². The number of ether oxygens (including phenoxy) is 2. The molecule has 0 spiro atoms. The zero-order valence-corrected chi connectivity index (χ0v) is 16.6. The molecule has 0 atom stereocenters. The van der Waals surface area contributed by atoms with Gasteiger partial charge in [-0.1, -0.05) is 48.5 Å². The second-order valence-electron chi connectivity index (χ2n) is 7.16. The van der Waals surface area contributed by atoms with Gasteiger partial charge in [0.2, 0.25) is 0 Å². The minimum absolute atomic E-state index is 0.108. The lowest BCUT2D eigenvalue weighted by Crippen LogP contribution is -2.04. The maximum Gasteiger partial charge on any atom is 0.195 e. The van der Waals surface area contributed by atoms with Gasteiger partial charge in [-0.3, -0.25) is 9.59 Å². The lowest BCUT2D eigenvalue weighted by atomic mass is 10.0. The standard InChI is InChI=1S/C26H18O4/c1-29-17-11-7-15(8-12-17)21-23-19-5-3-4-6-20(19)25(27)24(23)22(26(21)28)16-9-13-18(30-2)14-10-16/h3-14H,1-2H3. The number of hydrogen-bond acceptors (Lipinski definition) is 4. The molecule has 0 fully saturated rings. The minimum atomic E-state index is -0.141. The van der Waals surface area contributed by atoms with Crippen molar-refractivity contribution < 1.29 is 9.47 Å². The Balaban J connectivity index is 1.88. The van der Waals surface area contributed by atoms with E-state index in [0.717, 1.165) is 16.5 Å². The molecule has 0 heterocycles. The van der Waals surface area contributed by atoms with Crippen LogP contribution in [0.1, 0.15) is 0 Å². The summed E-state index contributed by atoms with van der Waals surface area (Å²) in [7, 11) is 3.20. The normalized spacial score (nSPS) is 11.3. The molecule has 30 heavy (non-hydrogen) atoms. The first-order chi connectivity index (χ1) is 14.6. The van der Waals surface area contributed by atoms with Crippen molar-refractivity contribution in [2.45, 2.75) is 0 Å². The van der Waals surface area contributed by atoms with E-state index in [1.807, 2.05) is 60.7 Å². The van der Waals surface area contributed by atoms with E-state index in [4.69, 9.17) is 9.47 Å². The van der Waals surface area contributed by atoms with Crippen molar-refractivity contribution in [3.8, 4) is 44.9 Å². The van der Waals surface area contributed by atoms with Crippen molar-refractivity contribution in [1.29, 1.82) is 0 Å². The van der Waals surface area contributed by atoms with E-state index in [1.165, 1.54) is 0 Å². The average Bonchev–Trinajstić information content (AvgIpc) is 3.25. The third-order valence-corrected chi connectivity index (χ3v) is 5.63. The molecule has 2 aliphatic carbocycles. The first-order valence-electron chi connectivity index (χ1n) is 9.60. The van der Waals surface area contributed by atoms with Crippen LogP contribution in [0.3, 0.4) is 0 Å². The third kappa shape index (κ3) is 2.54. The predicted octanol–water partition coefficient (Wildman–Crippen LogP) is 4.89. The van der Waals surface area contributed by atoms with Gasteiger partial charge >= 0.3 is 0 Å². The van der Waals surface area contributed by atoms with Gasteiger partial charge in [0.05, 0.1) is 14.2 Å². The Bertz CT molecular complexity index is 1420. The highest BCUT2D eigenvalue weighted by atomic mass is 16.5. The Hall–Kier alpha value is -3.92. The van der Waals surface area contributed by atoms with Gasteiger partial charge in [0.25, 0.3) is 0 Å². The highest BCUT2D eigenvalue weighted by Gasteiger charge is 2.30. The van der Waals surface area contributed by atoms with Crippen LogP contribution in [0.15, 0.2) is 82.4 Å². The quantitative estimate of drug-likeness (QED) is 0.435. The molecule has 3 aromatic carbocycles. The zero-order valence-electron chi connectivity index (χ0n) is 16.6. The van der Waals surface area contributed by atoms with Crippen molar-refractivity contribution >= 4 is 10.8 Å². The second-order valence-corrected chi connectivity index (χ2v) is 7.16. The van der Waals surface area contributed by atoms with Crippen LogP contribution in [0.4, 0.5) is 0 Å². The van der Waals surface area contributed by atoms with Gasteiger partial charge in [0.1, 0.15) is 11.5 Å². The van der Waals surface area contributed by atoms with E-state index in [1.54, 1.807) is 26.4 Å². The summed E-state index contributed by atoms with van der Waals surface area (Å²) in [5.41, 5.74) is 3.42.